The second-order valence-electron chi connectivity index (χ2n) is 8.27. The molecule has 0 aromatic carbocycles. The molecule has 28 heavy (non-hydrogen) atoms. The molecule has 2 unspecified atom stereocenters. The van der Waals surface area contributed by atoms with Gasteiger partial charge in [0, 0.05) is 58.5 Å². The van der Waals surface area contributed by atoms with E-state index in [-0.39, 0.29) is 24.0 Å². The number of hydrogen-bond acceptors (Lipinski definition) is 4. The lowest BCUT2D eigenvalue weighted by molar-refractivity contribution is -0.126. The van der Waals surface area contributed by atoms with Crippen molar-refractivity contribution in [2.24, 2.45) is 10.4 Å². The van der Waals surface area contributed by atoms with Crippen molar-refractivity contribution in [2.45, 2.75) is 76.5 Å². The van der Waals surface area contributed by atoms with Crippen molar-refractivity contribution in [2.75, 3.05) is 47.1 Å². The molecule has 2 atom stereocenters. The third kappa shape index (κ3) is 5.52. The molecule has 164 valence electrons. The van der Waals surface area contributed by atoms with Gasteiger partial charge in [-0.25, -0.2) is 0 Å². The monoisotopic (exact) mass is 509 g/mol. The highest BCUT2D eigenvalue weighted by molar-refractivity contribution is 14.0. The minimum Gasteiger partial charge on any atom is -0.385 e. The maximum Gasteiger partial charge on any atom is 0.193 e. The molecule has 1 N–H and O–H groups in total. The zero-order valence-electron chi connectivity index (χ0n) is 18.0. The van der Waals surface area contributed by atoms with Crippen LogP contribution in [-0.2, 0) is 14.2 Å². The van der Waals surface area contributed by atoms with E-state index in [1.807, 2.05) is 7.05 Å². The van der Waals surface area contributed by atoms with Crippen LogP contribution >= 0.6 is 24.0 Å². The summed E-state index contributed by atoms with van der Waals surface area (Å²) in [6.45, 7) is 6.55. The van der Waals surface area contributed by atoms with Crippen LogP contribution in [0.5, 0.6) is 0 Å². The average Bonchev–Trinajstić information content (AvgIpc) is 3.21. The summed E-state index contributed by atoms with van der Waals surface area (Å²) in [5, 5.41) is 3.81. The van der Waals surface area contributed by atoms with Gasteiger partial charge in [0.15, 0.2) is 5.96 Å². The van der Waals surface area contributed by atoms with Crippen LogP contribution in [0.15, 0.2) is 4.99 Å². The molecule has 3 aliphatic rings. The minimum absolute atomic E-state index is 0. The second kappa shape index (κ2) is 11.9. The molecule has 1 spiro atoms. The SMILES string of the molecule is CCOC1CC(NC(=NC)N2CCC(OCCCOC)CC2)C12CCCC2.I. The Bertz CT molecular complexity index is 478. The van der Waals surface area contributed by atoms with E-state index in [0.29, 0.717) is 23.7 Å². The van der Waals surface area contributed by atoms with Crippen LogP contribution in [0.1, 0.15) is 58.3 Å². The predicted molar refractivity (Wildman–Crippen MR) is 124 cm³/mol. The number of methoxy groups -OCH3 is 1. The van der Waals surface area contributed by atoms with E-state index in [4.69, 9.17) is 14.2 Å². The van der Waals surface area contributed by atoms with Crippen molar-refractivity contribution in [3.05, 3.63) is 0 Å². The minimum atomic E-state index is 0. The molecule has 0 amide bonds. The quantitative estimate of drug-likeness (QED) is 0.235. The molecular formula is C21H40IN3O3. The fourth-order valence-electron chi connectivity index (χ4n) is 5.23. The summed E-state index contributed by atoms with van der Waals surface area (Å²) in [6.07, 6.45) is 10.3. The van der Waals surface area contributed by atoms with E-state index < -0.39 is 0 Å². The van der Waals surface area contributed by atoms with Gasteiger partial charge in [-0.2, -0.15) is 0 Å². The Morgan fingerprint density at radius 1 is 1.14 bits per heavy atom. The standard InChI is InChI=1S/C21H39N3O3.HI/c1-4-26-19-16-18(21(19)10-5-6-11-21)23-20(22-2)24-12-8-17(9-13-24)27-15-7-14-25-3;/h17-19H,4-16H2,1-3H3,(H,22,23);1H. The van der Waals surface area contributed by atoms with Crippen LogP contribution in [0.4, 0.5) is 0 Å². The molecule has 2 saturated carbocycles. The molecule has 0 aromatic rings. The number of nitrogens with one attached hydrogen (secondary N) is 1. The first-order chi connectivity index (χ1) is 13.2. The number of halogens is 1. The maximum absolute atomic E-state index is 6.06. The van der Waals surface area contributed by atoms with Crippen LogP contribution in [0.3, 0.4) is 0 Å². The van der Waals surface area contributed by atoms with Crippen LogP contribution in [-0.4, -0.2) is 76.2 Å². The first-order valence-electron chi connectivity index (χ1n) is 10.9. The van der Waals surface area contributed by atoms with E-state index in [1.165, 1.54) is 25.7 Å². The van der Waals surface area contributed by atoms with Crippen molar-refractivity contribution in [3.63, 3.8) is 0 Å². The van der Waals surface area contributed by atoms with Crippen molar-refractivity contribution >= 4 is 29.9 Å². The van der Waals surface area contributed by atoms with Crippen molar-refractivity contribution in [1.29, 1.82) is 0 Å². The summed E-state index contributed by atoms with van der Waals surface area (Å²) in [4.78, 5) is 7.01. The lowest BCUT2D eigenvalue weighted by Crippen LogP contribution is -2.65. The Kier molecular flexibility index (Phi) is 10.3. The van der Waals surface area contributed by atoms with Crippen LogP contribution in [0, 0.1) is 5.41 Å². The first-order valence-corrected chi connectivity index (χ1v) is 10.9. The second-order valence-corrected chi connectivity index (χ2v) is 8.27. The summed E-state index contributed by atoms with van der Waals surface area (Å²) < 4.78 is 17.1. The summed E-state index contributed by atoms with van der Waals surface area (Å²) in [6, 6.07) is 0.512. The molecule has 1 aliphatic heterocycles. The van der Waals surface area contributed by atoms with Crippen molar-refractivity contribution < 1.29 is 14.2 Å². The normalized spacial score (nSPS) is 27.5. The number of rotatable bonds is 8. The lowest BCUT2D eigenvalue weighted by atomic mass is 9.60. The maximum atomic E-state index is 6.06. The van der Waals surface area contributed by atoms with E-state index >= 15 is 0 Å². The smallest absolute Gasteiger partial charge is 0.193 e. The largest absolute Gasteiger partial charge is 0.385 e. The number of nitrogens with zero attached hydrogens (tertiary/aromatic N) is 2. The molecule has 6 nitrogen and oxygen atoms in total. The summed E-state index contributed by atoms with van der Waals surface area (Å²) in [5.74, 6) is 1.07. The van der Waals surface area contributed by atoms with Crippen LogP contribution < -0.4 is 5.32 Å². The molecule has 7 heteroatoms. The fraction of sp³-hybridized carbons (Fsp3) is 0.952. The number of likely N-dealkylation sites (tertiary alicyclic amines) is 1. The lowest BCUT2D eigenvalue weighted by Gasteiger charge is -2.55. The Hall–Kier alpha value is -0.120. The van der Waals surface area contributed by atoms with Gasteiger partial charge < -0.3 is 24.4 Å². The highest BCUT2D eigenvalue weighted by atomic mass is 127. The Labute approximate surface area is 188 Å². The summed E-state index contributed by atoms with van der Waals surface area (Å²) in [5.41, 5.74) is 0.342. The third-order valence-corrected chi connectivity index (χ3v) is 6.79. The molecule has 0 bridgehead atoms. The van der Waals surface area contributed by atoms with Gasteiger partial charge in [-0.1, -0.05) is 12.8 Å². The molecule has 3 fully saturated rings. The number of hydrogen-bond donors (Lipinski definition) is 1. The van der Waals surface area contributed by atoms with Crippen molar-refractivity contribution in [3.8, 4) is 0 Å². The molecule has 1 heterocycles. The number of guanidine groups is 1. The molecular weight excluding hydrogens is 469 g/mol. The molecule has 2 aliphatic carbocycles. The molecule has 1 saturated heterocycles. The fourth-order valence-corrected chi connectivity index (χ4v) is 5.23. The Balaban J connectivity index is 0.00000280. The molecule has 3 rings (SSSR count). The van der Waals surface area contributed by atoms with Gasteiger partial charge in [0.2, 0.25) is 0 Å². The van der Waals surface area contributed by atoms with Crippen LogP contribution in [0.2, 0.25) is 0 Å². The molecule has 0 radical (unpaired) electrons. The number of ether oxygens (including phenoxy) is 3. The first kappa shape index (κ1) is 24.2. The van der Waals surface area contributed by atoms with Crippen molar-refractivity contribution in [1.82, 2.24) is 10.2 Å². The highest BCUT2D eigenvalue weighted by Gasteiger charge is 2.57. The number of aliphatic imine (C=N–C) groups is 1. The van der Waals surface area contributed by atoms with Gasteiger partial charge in [-0.3, -0.25) is 4.99 Å². The Morgan fingerprint density at radius 3 is 2.46 bits per heavy atom. The summed E-state index contributed by atoms with van der Waals surface area (Å²) >= 11 is 0. The molecule has 0 aromatic heterocycles. The number of piperidine rings is 1. The van der Waals surface area contributed by atoms with Gasteiger partial charge in [0.1, 0.15) is 0 Å². The van der Waals surface area contributed by atoms with Gasteiger partial charge in [-0.15, -0.1) is 24.0 Å². The highest BCUT2D eigenvalue weighted by Crippen LogP contribution is 2.54. The average molecular weight is 509 g/mol. The Morgan fingerprint density at radius 2 is 1.86 bits per heavy atom. The van der Waals surface area contributed by atoms with E-state index in [2.05, 4.69) is 22.1 Å². The van der Waals surface area contributed by atoms with E-state index in [1.54, 1.807) is 7.11 Å². The van der Waals surface area contributed by atoms with Crippen LogP contribution in [0.25, 0.3) is 0 Å². The van der Waals surface area contributed by atoms with Gasteiger partial charge in [0.05, 0.1) is 12.2 Å². The van der Waals surface area contributed by atoms with E-state index in [0.717, 1.165) is 64.6 Å². The summed E-state index contributed by atoms with van der Waals surface area (Å²) in [7, 11) is 3.65. The van der Waals surface area contributed by atoms with E-state index in [9.17, 15) is 0 Å². The third-order valence-electron chi connectivity index (χ3n) is 6.79. The predicted octanol–water partition coefficient (Wildman–Crippen LogP) is 3.44. The zero-order chi connectivity index (χ0) is 19.1. The zero-order valence-corrected chi connectivity index (χ0v) is 20.3. The van der Waals surface area contributed by atoms with Gasteiger partial charge in [-0.05, 0) is 45.4 Å². The topological polar surface area (TPSA) is 55.3 Å². The van der Waals surface area contributed by atoms with Gasteiger partial charge >= 0.3 is 0 Å². The van der Waals surface area contributed by atoms with Gasteiger partial charge in [0.25, 0.3) is 0 Å².